The quantitative estimate of drug-likeness (QED) is 0.745. The monoisotopic (exact) mass is 277 g/mol. The fourth-order valence-corrected chi connectivity index (χ4v) is 4.31. The van der Waals surface area contributed by atoms with Crippen LogP contribution in [0.2, 0.25) is 0 Å². The molecule has 3 atom stereocenters. The van der Waals surface area contributed by atoms with Gasteiger partial charge in [0, 0.05) is 12.6 Å². The number of hydrogen-bond acceptors (Lipinski definition) is 4. The van der Waals surface area contributed by atoms with Crippen molar-refractivity contribution in [2.75, 3.05) is 12.4 Å². The smallest absolute Gasteiger partial charge is 0.214 e. The molecule has 6 heteroatoms. The van der Waals surface area contributed by atoms with Gasteiger partial charge >= 0.3 is 0 Å². The van der Waals surface area contributed by atoms with Gasteiger partial charge in [0.05, 0.1) is 18.0 Å². The molecule has 18 heavy (non-hydrogen) atoms. The molecule has 0 radical (unpaired) electrons. The van der Waals surface area contributed by atoms with E-state index in [-0.39, 0.29) is 17.9 Å². The molecule has 1 heterocycles. The molecule has 0 aromatic carbocycles. The molecule has 3 unspecified atom stereocenters. The normalized spacial score (nSPS) is 34.4. The molecule has 1 saturated carbocycles. The van der Waals surface area contributed by atoms with Crippen molar-refractivity contribution in [3.05, 3.63) is 0 Å². The highest BCUT2D eigenvalue weighted by Gasteiger charge is 2.29. The van der Waals surface area contributed by atoms with Gasteiger partial charge in [0.15, 0.2) is 0 Å². The summed E-state index contributed by atoms with van der Waals surface area (Å²) in [5.74, 6) is 0.0240. The molecule has 0 amide bonds. The van der Waals surface area contributed by atoms with Crippen LogP contribution >= 0.6 is 0 Å². The van der Waals surface area contributed by atoms with E-state index in [9.17, 15) is 13.5 Å². The number of rotatable bonds is 4. The van der Waals surface area contributed by atoms with Crippen molar-refractivity contribution in [1.82, 2.24) is 4.72 Å². The molecule has 1 aliphatic carbocycles. The van der Waals surface area contributed by atoms with Crippen LogP contribution in [0.25, 0.3) is 0 Å². The summed E-state index contributed by atoms with van der Waals surface area (Å²) in [4.78, 5) is 0. The second-order valence-corrected chi connectivity index (χ2v) is 7.14. The Morgan fingerprint density at radius 2 is 1.89 bits per heavy atom. The second-order valence-electron chi connectivity index (χ2n) is 5.35. The summed E-state index contributed by atoms with van der Waals surface area (Å²) in [7, 11) is -3.35. The van der Waals surface area contributed by atoms with Crippen LogP contribution in [0.3, 0.4) is 0 Å². The van der Waals surface area contributed by atoms with Gasteiger partial charge in [0.2, 0.25) is 10.0 Å². The van der Waals surface area contributed by atoms with E-state index in [1.165, 1.54) is 0 Å². The lowest BCUT2D eigenvalue weighted by molar-refractivity contribution is 0.123. The van der Waals surface area contributed by atoms with Crippen molar-refractivity contribution in [3.8, 4) is 0 Å². The molecule has 2 aliphatic rings. The summed E-state index contributed by atoms with van der Waals surface area (Å²) in [5.41, 5.74) is 0. The molecule has 0 bridgehead atoms. The molecule has 2 rings (SSSR count). The van der Waals surface area contributed by atoms with Gasteiger partial charge in [-0.3, -0.25) is 0 Å². The summed E-state index contributed by atoms with van der Waals surface area (Å²) in [6.45, 7) is 0.659. The predicted molar refractivity (Wildman–Crippen MR) is 68.8 cm³/mol. The Balaban J connectivity index is 1.89. The van der Waals surface area contributed by atoms with E-state index in [2.05, 4.69) is 4.72 Å². The third-order valence-electron chi connectivity index (χ3n) is 3.74. The lowest BCUT2D eigenvalue weighted by Crippen LogP contribution is -2.45. The van der Waals surface area contributed by atoms with Crippen molar-refractivity contribution in [3.63, 3.8) is 0 Å². The Morgan fingerprint density at radius 1 is 1.11 bits per heavy atom. The number of sulfonamides is 1. The van der Waals surface area contributed by atoms with Gasteiger partial charge in [0.25, 0.3) is 0 Å². The summed E-state index contributed by atoms with van der Waals surface area (Å²) in [6, 6.07) is -0.320. The van der Waals surface area contributed by atoms with Crippen LogP contribution in [0.5, 0.6) is 0 Å². The second kappa shape index (κ2) is 6.32. The van der Waals surface area contributed by atoms with Gasteiger partial charge in [0.1, 0.15) is 0 Å². The van der Waals surface area contributed by atoms with Gasteiger partial charge in [-0.15, -0.1) is 0 Å². The maximum atomic E-state index is 12.0. The Kier molecular flexibility index (Phi) is 5.00. The Labute approximate surface area is 109 Å². The van der Waals surface area contributed by atoms with Crippen molar-refractivity contribution < 1.29 is 18.3 Å². The zero-order valence-electron chi connectivity index (χ0n) is 10.7. The standard InChI is InChI=1S/C12H23NO4S/c14-12-7-3-1-2-6-11(12)13-18(15,16)9-10-5-4-8-17-10/h10-14H,1-9H2. The first kappa shape index (κ1) is 14.2. The van der Waals surface area contributed by atoms with E-state index < -0.39 is 16.1 Å². The van der Waals surface area contributed by atoms with Gasteiger partial charge in [-0.05, 0) is 25.7 Å². The lowest BCUT2D eigenvalue weighted by Gasteiger charge is -2.22. The average molecular weight is 277 g/mol. The molecule has 2 N–H and O–H groups in total. The highest BCUT2D eigenvalue weighted by Crippen LogP contribution is 2.19. The highest BCUT2D eigenvalue weighted by atomic mass is 32.2. The Morgan fingerprint density at radius 3 is 2.61 bits per heavy atom. The van der Waals surface area contributed by atoms with Crippen LogP contribution in [0.15, 0.2) is 0 Å². The topological polar surface area (TPSA) is 75.6 Å². The maximum Gasteiger partial charge on any atom is 0.214 e. The van der Waals surface area contributed by atoms with E-state index in [4.69, 9.17) is 4.74 Å². The number of ether oxygens (including phenoxy) is 1. The summed E-state index contributed by atoms with van der Waals surface area (Å²) in [6.07, 6.45) is 5.47. The molecule has 1 saturated heterocycles. The van der Waals surface area contributed by atoms with Gasteiger partial charge in [-0.2, -0.15) is 0 Å². The minimum Gasteiger partial charge on any atom is -0.391 e. The van der Waals surface area contributed by atoms with Gasteiger partial charge < -0.3 is 9.84 Å². The molecule has 0 aromatic rings. The molecular weight excluding hydrogens is 254 g/mol. The van der Waals surface area contributed by atoms with Crippen LogP contribution in [0, 0.1) is 0 Å². The van der Waals surface area contributed by atoms with Gasteiger partial charge in [-0.25, -0.2) is 13.1 Å². The molecular formula is C12H23NO4S. The van der Waals surface area contributed by atoms with E-state index >= 15 is 0 Å². The van der Waals surface area contributed by atoms with Crippen LogP contribution in [0.1, 0.15) is 44.9 Å². The zero-order valence-corrected chi connectivity index (χ0v) is 11.5. The largest absolute Gasteiger partial charge is 0.391 e. The number of nitrogens with one attached hydrogen (secondary N) is 1. The van der Waals surface area contributed by atoms with Gasteiger partial charge in [-0.1, -0.05) is 19.3 Å². The average Bonchev–Trinajstić information content (AvgIpc) is 2.70. The van der Waals surface area contributed by atoms with E-state index in [0.29, 0.717) is 13.0 Å². The molecule has 2 fully saturated rings. The van der Waals surface area contributed by atoms with E-state index in [0.717, 1.165) is 38.5 Å². The molecule has 106 valence electrons. The molecule has 5 nitrogen and oxygen atoms in total. The summed E-state index contributed by atoms with van der Waals surface area (Å²) >= 11 is 0. The minimum absolute atomic E-state index is 0.0240. The van der Waals surface area contributed by atoms with Crippen molar-refractivity contribution in [2.24, 2.45) is 0 Å². The number of aliphatic hydroxyl groups excluding tert-OH is 1. The van der Waals surface area contributed by atoms with E-state index in [1.807, 2.05) is 0 Å². The van der Waals surface area contributed by atoms with Crippen molar-refractivity contribution in [2.45, 2.75) is 63.2 Å². The summed E-state index contributed by atoms with van der Waals surface area (Å²) in [5, 5.41) is 9.91. The Hall–Kier alpha value is -0.170. The first-order valence-corrected chi connectivity index (χ1v) is 8.52. The third-order valence-corrected chi connectivity index (χ3v) is 5.21. The Bertz CT molecular complexity index is 351. The lowest BCUT2D eigenvalue weighted by atomic mass is 10.1. The molecule has 0 spiro atoms. The van der Waals surface area contributed by atoms with E-state index in [1.54, 1.807) is 0 Å². The minimum atomic E-state index is -3.35. The predicted octanol–water partition coefficient (Wildman–Crippen LogP) is 0.778. The highest BCUT2D eigenvalue weighted by molar-refractivity contribution is 7.89. The summed E-state index contributed by atoms with van der Waals surface area (Å²) < 4.78 is 32.0. The third kappa shape index (κ3) is 4.19. The van der Waals surface area contributed by atoms with Crippen LogP contribution in [0.4, 0.5) is 0 Å². The molecule has 0 aromatic heterocycles. The fourth-order valence-electron chi connectivity index (χ4n) is 2.72. The van der Waals surface area contributed by atoms with Crippen molar-refractivity contribution >= 4 is 10.0 Å². The first-order chi connectivity index (χ1) is 8.57. The molecule has 1 aliphatic heterocycles. The van der Waals surface area contributed by atoms with Crippen LogP contribution < -0.4 is 4.72 Å². The van der Waals surface area contributed by atoms with Crippen LogP contribution in [-0.4, -0.2) is 44.1 Å². The van der Waals surface area contributed by atoms with Crippen LogP contribution in [-0.2, 0) is 14.8 Å². The number of hydrogen-bond donors (Lipinski definition) is 2. The first-order valence-electron chi connectivity index (χ1n) is 6.86. The zero-order chi connectivity index (χ0) is 13.0. The fraction of sp³-hybridized carbons (Fsp3) is 1.00. The van der Waals surface area contributed by atoms with Crippen molar-refractivity contribution in [1.29, 1.82) is 0 Å². The number of aliphatic hydroxyl groups is 1. The maximum absolute atomic E-state index is 12.0. The SMILES string of the molecule is O=S(=O)(CC1CCCO1)NC1CCCCCC1O.